The minimum Gasteiger partial charge on any atom is -0.355 e. The zero-order valence-corrected chi connectivity index (χ0v) is 12.8. The Morgan fingerprint density at radius 2 is 2.00 bits per heavy atom. The van der Waals surface area contributed by atoms with Gasteiger partial charge in [0.2, 0.25) is 5.91 Å². The Bertz CT molecular complexity index is 540. The first kappa shape index (κ1) is 15.5. The molecule has 5 nitrogen and oxygen atoms in total. The molecule has 1 heterocycles. The minimum absolute atomic E-state index is 0.0870. The summed E-state index contributed by atoms with van der Waals surface area (Å²) in [6.45, 7) is 5.03. The average Bonchev–Trinajstić information content (AvgIpc) is 2.46. The van der Waals surface area contributed by atoms with Crippen molar-refractivity contribution in [1.29, 1.82) is 0 Å². The Morgan fingerprint density at radius 1 is 1.29 bits per heavy atom. The molecule has 1 aliphatic rings. The van der Waals surface area contributed by atoms with Gasteiger partial charge in [-0.3, -0.25) is 9.59 Å². The van der Waals surface area contributed by atoms with E-state index in [2.05, 4.69) is 29.8 Å². The van der Waals surface area contributed by atoms with Crippen LogP contribution in [0.4, 0.5) is 5.69 Å². The largest absolute Gasteiger partial charge is 0.355 e. The van der Waals surface area contributed by atoms with Crippen LogP contribution in [0.2, 0.25) is 0 Å². The standard InChI is InChI=1S/C16H23N3O2/c1-16(2)9-6-10-18-13(16)15(21)19-12-8-5-4-7-11(12)14(20)17-3/h4-5,7-8,13,18H,6,9-10H2,1-3H3,(H,17,20)(H,19,21). The molecule has 2 amide bonds. The van der Waals surface area contributed by atoms with Crippen LogP contribution in [0, 0.1) is 5.41 Å². The van der Waals surface area contributed by atoms with Gasteiger partial charge in [0.05, 0.1) is 17.3 Å². The highest BCUT2D eigenvalue weighted by Gasteiger charge is 2.37. The lowest BCUT2D eigenvalue weighted by molar-refractivity contribution is -0.121. The van der Waals surface area contributed by atoms with Crippen molar-refractivity contribution >= 4 is 17.5 Å². The van der Waals surface area contributed by atoms with Gasteiger partial charge in [0.25, 0.3) is 5.91 Å². The number of benzene rings is 1. The molecule has 1 fully saturated rings. The van der Waals surface area contributed by atoms with E-state index >= 15 is 0 Å². The van der Waals surface area contributed by atoms with Crippen LogP contribution in [-0.2, 0) is 4.79 Å². The number of nitrogens with one attached hydrogen (secondary N) is 3. The van der Waals surface area contributed by atoms with Crippen molar-refractivity contribution in [2.45, 2.75) is 32.7 Å². The van der Waals surface area contributed by atoms with Crippen LogP contribution < -0.4 is 16.0 Å². The molecular formula is C16H23N3O2. The predicted molar refractivity (Wildman–Crippen MR) is 83.3 cm³/mol. The van der Waals surface area contributed by atoms with Gasteiger partial charge in [-0.25, -0.2) is 0 Å². The van der Waals surface area contributed by atoms with E-state index < -0.39 is 0 Å². The summed E-state index contributed by atoms with van der Waals surface area (Å²) in [6, 6.07) is 6.79. The second-order valence-electron chi connectivity index (χ2n) is 6.09. The van der Waals surface area contributed by atoms with E-state index in [0.717, 1.165) is 19.4 Å². The van der Waals surface area contributed by atoms with Crippen LogP contribution in [-0.4, -0.2) is 31.4 Å². The lowest BCUT2D eigenvalue weighted by Crippen LogP contribution is -2.53. The Morgan fingerprint density at radius 3 is 2.67 bits per heavy atom. The van der Waals surface area contributed by atoms with E-state index in [4.69, 9.17) is 0 Å². The summed E-state index contributed by atoms with van der Waals surface area (Å²) < 4.78 is 0. The molecular weight excluding hydrogens is 266 g/mol. The second-order valence-corrected chi connectivity index (χ2v) is 6.09. The van der Waals surface area contributed by atoms with E-state index in [1.165, 1.54) is 0 Å². The maximum absolute atomic E-state index is 12.5. The third kappa shape index (κ3) is 3.42. The van der Waals surface area contributed by atoms with Crippen LogP contribution in [0.5, 0.6) is 0 Å². The van der Waals surface area contributed by atoms with Crippen molar-refractivity contribution in [3.8, 4) is 0 Å². The van der Waals surface area contributed by atoms with E-state index in [9.17, 15) is 9.59 Å². The lowest BCUT2D eigenvalue weighted by atomic mass is 9.77. The van der Waals surface area contributed by atoms with Gasteiger partial charge in [-0.1, -0.05) is 26.0 Å². The number of piperidine rings is 1. The Hall–Kier alpha value is -1.88. The summed E-state index contributed by atoms with van der Waals surface area (Å²) in [6.07, 6.45) is 2.08. The summed E-state index contributed by atoms with van der Waals surface area (Å²) in [7, 11) is 1.58. The molecule has 1 saturated heterocycles. The van der Waals surface area contributed by atoms with Crippen LogP contribution in [0.1, 0.15) is 37.0 Å². The van der Waals surface area contributed by atoms with Gasteiger partial charge in [0.15, 0.2) is 0 Å². The molecule has 1 aromatic rings. The highest BCUT2D eigenvalue weighted by atomic mass is 16.2. The molecule has 0 aromatic heterocycles. The number of anilines is 1. The molecule has 1 unspecified atom stereocenters. The summed E-state index contributed by atoms with van der Waals surface area (Å²) in [5.41, 5.74) is 0.927. The molecule has 0 radical (unpaired) electrons. The molecule has 1 atom stereocenters. The Balaban J connectivity index is 2.18. The first-order valence-electron chi connectivity index (χ1n) is 7.31. The average molecular weight is 289 g/mol. The number of carbonyl (C=O) groups excluding carboxylic acids is 2. The Kier molecular flexibility index (Phi) is 4.63. The zero-order valence-electron chi connectivity index (χ0n) is 12.8. The third-order valence-electron chi connectivity index (χ3n) is 4.05. The van der Waals surface area contributed by atoms with E-state index in [1.54, 1.807) is 25.2 Å². The van der Waals surface area contributed by atoms with Crippen molar-refractivity contribution in [2.24, 2.45) is 5.41 Å². The van der Waals surface area contributed by atoms with Crippen LogP contribution >= 0.6 is 0 Å². The monoisotopic (exact) mass is 289 g/mol. The maximum atomic E-state index is 12.5. The van der Waals surface area contributed by atoms with Crippen LogP contribution in [0.15, 0.2) is 24.3 Å². The maximum Gasteiger partial charge on any atom is 0.253 e. The predicted octanol–water partition coefficient (Wildman–Crippen LogP) is 1.76. The van der Waals surface area contributed by atoms with Crippen molar-refractivity contribution < 1.29 is 9.59 Å². The topological polar surface area (TPSA) is 70.2 Å². The highest BCUT2D eigenvalue weighted by Crippen LogP contribution is 2.31. The van der Waals surface area contributed by atoms with Crippen LogP contribution in [0.25, 0.3) is 0 Å². The molecule has 114 valence electrons. The first-order valence-corrected chi connectivity index (χ1v) is 7.31. The van der Waals surface area contributed by atoms with Gasteiger partial charge in [0.1, 0.15) is 0 Å². The summed E-state index contributed by atoms with van der Waals surface area (Å²) >= 11 is 0. The van der Waals surface area contributed by atoms with Gasteiger partial charge in [0, 0.05) is 7.05 Å². The van der Waals surface area contributed by atoms with Crippen molar-refractivity contribution in [3.63, 3.8) is 0 Å². The number of carbonyl (C=O) groups is 2. The molecule has 0 saturated carbocycles. The fraction of sp³-hybridized carbons (Fsp3) is 0.500. The quantitative estimate of drug-likeness (QED) is 0.794. The third-order valence-corrected chi connectivity index (χ3v) is 4.05. The smallest absolute Gasteiger partial charge is 0.253 e. The molecule has 21 heavy (non-hydrogen) atoms. The molecule has 0 bridgehead atoms. The van der Waals surface area contributed by atoms with Crippen LogP contribution in [0.3, 0.4) is 0 Å². The molecule has 2 rings (SSSR count). The second kappa shape index (κ2) is 6.26. The van der Waals surface area contributed by atoms with Gasteiger partial charge in [-0.05, 0) is 36.9 Å². The van der Waals surface area contributed by atoms with Gasteiger partial charge in [-0.15, -0.1) is 0 Å². The molecule has 5 heteroatoms. The summed E-state index contributed by atoms with van der Waals surface area (Å²) in [4.78, 5) is 24.4. The van der Waals surface area contributed by atoms with Crippen molar-refractivity contribution in [3.05, 3.63) is 29.8 Å². The molecule has 0 spiro atoms. The Labute approximate surface area is 125 Å². The van der Waals surface area contributed by atoms with E-state index in [0.29, 0.717) is 11.3 Å². The lowest BCUT2D eigenvalue weighted by Gasteiger charge is -2.38. The van der Waals surface area contributed by atoms with Gasteiger partial charge in [-0.2, -0.15) is 0 Å². The molecule has 1 aromatic carbocycles. The van der Waals surface area contributed by atoms with E-state index in [1.807, 2.05) is 6.07 Å². The van der Waals surface area contributed by atoms with E-state index in [-0.39, 0.29) is 23.3 Å². The number of para-hydroxylation sites is 1. The van der Waals surface area contributed by atoms with Gasteiger partial charge >= 0.3 is 0 Å². The normalized spacial score (nSPS) is 20.6. The zero-order chi connectivity index (χ0) is 15.5. The molecule has 1 aliphatic heterocycles. The van der Waals surface area contributed by atoms with Crippen molar-refractivity contribution in [1.82, 2.24) is 10.6 Å². The summed E-state index contributed by atoms with van der Waals surface area (Å²) in [5.74, 6) is -0.294. The van der Waals surface area contributed by atoms with Gasteiger partial charge < -0.3 is 16.0 Å². The van der Waals surface area contributed by atoms with Crippen molar-refractivity contribution in [2.75, 3.05) is 18.9 Å². The fourth-order valence-corrected chi connectivity index (χ4v) is 2.79. The number of rotatable bonds is 3. The molecule has 3 N–H and O–H groups in total. The minimum atomic E-state index is -0.246. The highest BCUT2D eigenvalue weighted by molar-refractivity contribution is 6.04. The number of hydrogen-bond donors (Lipinski definition) is 3. The fourth-order valence-electron chi connectivity index (χ4n) is 2.79. The number of amides is 2. The number of hydrogen-bond acceptors (Lipinski definition) is 3. The summed E-state index contributed by atoms with van der Waals surface area (Å²) in [5, 5.41) is 8.75. The first-order chi connectivity index (χ1) is 9.95. The SMILES string of the molecule is CNC(=O)c1ccccc1NC(=O)C1NCCCC1(C)C. The molecule has 0 aliphatic carbocycles.